The fourth-order valence-corrected chi connectivity index (χ4v) is 3.29. The molecule has 1 aliphatic heterocycles. The van der Waals surface area contributed by atoms with E-state index < -0.39 is 11.5 Å². The Morgan fingerprint density at radius 1 is 1.32 bits per heavy atom. The molecule has 1 spiro atoms. The first kappa shape index (κ1) is 12.8. The lowest BCUT2D eigenvalue weighted by atomic mass is 9.80. The van der Waals surface area contributed by atoms with Crippen LogP contribution in [0.3, 0.4) is 0 Å². The maximum atomic E-state index is 12.5. The number of amides is 2. The number of nitrogens with one attached hydrogen (secondary N) is 2. The van der Waals surface area contributed by atoms with E-state index in [4.69, 9.17) is 5.11 Å². The molecule has 2 aromatic rings. The zero-order chi connectivity index (χ0) is 15.3. The van der Waals surface area contributed by atoms with Crippen LogP contribution >= 0.6 is 0 Å². The number of hydrogen-bond acceptors (Lipinski definition) is 4. The number of rotatable bonds is 1. The molecule has 7 nitrogen and oxygen atoms in total. The number of carboxylic acid groups (broad SMARTS) is 1. The van der Waals surface area contributed by atoms with Gasteiger partial charge in [-0.05, 0) is 24.1 Å². The average Bonchev–Trinajstić information content (AvgIpc) is 2.98. The molecule has 3 N–H and O–H groups in total. The number of pyridine rings is 2. The second-order valence-electron chi connectivity index (χ2n) is 5.52. The van der Waals surface area contributed by atoms with Gasteiger partial charge in [-0.2, -0.15) is 0 Å². The maximum absolute atomic E-state index is 12.5. The molecule has 1 atom stereocenters. The van der Waals surface area contributed by atoms with Gasteiger partial charge in [-0.1, -0.05) is 12.1 Å². The number of carbonyl (C=O) groups excluding carboxylic acids is 1. The molecule has 0 aromatic carbocycles. The second-order valence-corrected chi connectivity index (χ2v) is 5.52. The normalized spacial score (nSPS) is 21.4. The number of hydrogen-bond donors (Lipinski definition) is 3. The Bertz CT molecular complexity index is 820. The molecule has 0 saturated carbocycles. The van der Waals surface area contributed by atoms with Gasteiger partial charge in [0.25, 0.3) is 0 Å². The Labute approximate surface area is 125 Å². The molecule has 2 aliphatic rings. The number of carbonyl (C=O) groups is 2. The summed E-state index contributed by atoms with van der Waals surface area (Å²) in [5.41, 5.74) is 1.91. The van der Waals surface area contributed by atoms with Crippen molar-refractivity contribution >= 4 is 23.6 Å². The summed E-state index contributed by atoms with van der Waals surface area (Å²) >= 11 is 0. The Morgan fingerprint density at radius 3 is 3.00 bits per heavy atom. The maximum Gasteiger partial charge on any atom is 0.410 e. The molecule has 4 rings (SSSR count). The van der Waals surface area contributed by atoms with E-state index in [9.17, 15) is 9.59 Å². The van der Waals surface area contributed by atoms with Gasteiger partial charge in [0.1, 0.15) is 11.6 Å². The summed E-state index contributed by atoms with van der Waals surface area (Å²) in [5.74, 6) is 0.796. The highest BCUT2D eigenvalue weighted by Crippen LogP contribution is 2.46. The van der Waals surface area contributed by atoms with E-state index in [2.05, 4.69) is 20.6 Å². The van der Waals surface area contributed by atoms with Crippen LogP contribution in [0.15, 0.2) is 30.5 Å². The van der Waals surface area contributed by atoms with Gasteiger partial charge in [-0.15, -0.1) is 0 Å². The molecule has 1 aliphatic carbocycles. The third-order valence-corrected chi connectivity index (χ3v) is 4.25. The van der Waals surface area contributed by atoms with E-state index in [1.165, 1.54) is 0 Å². The molecular weight excluding hydrogens is 284 g/mol. The number of nitrogens with zero attached hydrogens (tertiary/aromatic N) is 2. The summed E-state index contributed by atoms with van der Waals surface area (Å²) < 4.78 is 0. The van der Waals surface area contributed by atoms with Gasteiger partial charge in [-0.25, -0.2) is 14.8 Å². The Balaban J connectivity index is 1.75. The van der Waals surface area contributed by atoms with Crippen LogP contribution in [0.25, 0.3) is 0 Å². The number of aromatic nitrogens is 2. The standard InChI is InChI=1S/C15H12N4O3/c20-13-15(9-2-1-5-16-12(9)19-13)6-8-3-4-11(18-14(21)22)17-10(8)7-15/h1-5H,6-7H2,(H,17,18)(H,21,22)(H,16,19,20). The van der Waals surface area contributed by atoms with Crippen molar-refractivity contribution in [1.82, 2.24) is 9.97 Å². The van der Waals surface area contributed by atoms with Crippen molar-refractivity contribution in [3.63, 3.8) is 0 Å². The first-order valence-corrected chi connectivity index (χ1v) is 6.84. The lowest BCUT2D eigenvalue weighted by Crippen LogP contribution is -2.35. The highest BCUT2D eigenvalue weighted by molar-refractivity contribution is 6.06. The second kappa shape index (κ2) is 4.27. The van der Waals surface area contributed by atoms with Gasteiger partial charge in [0.05, 0.1) is 5.41 Å². The monoisotopic (exact) mass is 296 g/mol. The van der Waals surface area contributed by atoms with E-state index in [0.717, 1.165) is 16.8 Å². The Morgan fingerprint density at radius 2 is 2.18 bits per heavy atom. The van der Waals surface area contributed by atoms with Crippen molar-refractivity contribution in [2.45, 2.75) is 18.3 Å². The van der Waals surface area contributed by atoms with Crippen molar-refractivity contribution < 1.29 is 14.7 Å². The molecule has 2 amide bonds. The van der Waals surface area contributed by atoms with Gasteiger partial charge in [0.2, 0.25) is 5.91 Å². The van der Waals surface area contributed by atoms with Crippen LogP contribution in [0.4, 0.5) is 16.4 Å². The predicted octanol–water partition coefficient (Wildman–Crippen LogP) is 1.56. The molecule has 0 bridgehead atoms. The lowest BCUT2D eigenvalue weighted by Gasteiger charge is -2.19. The highest BCUT2D eigenvalue weighted by atomic mass is 16.4. The highest BCUT2D eigenvalue weighted by Gasteiger charge is 2.51. The molecule has 110 valence electrons. The van der Waals surface area contributed by atoms with E-state index >= 15 is 0 Å². The fraction of sp³-hybridized carbons (Fsp3) is 0.200. The molecule has 1 unspecified atom stereocenters. The van der Waals surface area contributed by atoms with Crippen molar-refractivity contribution in [3.05, 3.63) is 47.3 Å². The third-order valence-electron chi connectivity index (χ3n) is 4.25. The quantitative estimate of drug-likeness (QED) is 0.740. The summed E-state index contributed by atoms with van der Waals surface area (Å²) in [6.07, 6.45) is 1.48. The zero-order valence-corrected chi connectivity index (χ0v) is 11.5. The SMILES string of the molecule is O=C(O)Nc1ccc2c(n1)CC1(C2)C(=O)Nc2ncccc21. The minimum atomic E-state index is -1.16. The molecule has 0 fully saturated rings. The van der Waals surface area contributed by atoms with Crippen LogP contribution in [-0.2, 0) is 23.1 Å². The van der Waals surface area contributed by atoms with Crippen molar-refractivity contribution in [3.8, 4) is 0 Å². The van der Waals surface area contributed by atoms with Gasteiger partial charge in [0.15, 0.2) is 0 Å². The van der Waals surface area contributed by atoms with Gasteiger partial charge >= 0.3 is 6.09 Å². The molecular formula is C15H12N4O3. The largest absolute Gasteiger partial charge is 0.465 e. The van der Waals surface area contributed by atoms with Gasteiger partial charge in [0, 0.05) is 23.9 Å². The van der Waals surface area contributed by atoms with E-state index in [1.807, 2.05) is 18.2 Å². The van der Waals surface area contributed by atoms with Crippen LogP contribution in [0, 0.1) is 0 Å². The summed E-state index contributed by atoms with van der Waals surface area (Å²) in [6.45, 7) is 0. The van der Waals surface area contributed by atoms with Crippen LogP contribution in [0.1, 0.15) is 16.8 Å². The molecule has 7 heteroatoms. The zero-order valence-electron chi connectivity index (χ0n) is 11.5. The molecule has 0 saturated heterocycles. The van der Waals surface area contributed by atoms with Crippen LogP contribution in [0.2, 0.25) is 0 Å². The fourth-order valence-electron chi connectivity index (χ4n) is 3.29. The summed E-state index contributed by atoms with van der Waals surface area (Å²) in [6, 6.07) is 7.16. The molecule has 22 heavy (non-hydrogen) atoms. The van der Waals surface area contributed by atoms with Crippen LogP contribution in [0.5, 0.6) is 0 Å². The average molecular weight is 296 g/mol. The number of fused-ring (bicyclic) bond motifs is 3. The minimum Gasteiger partial charge on any atom is -0.465 e. The van der Waals surface area contributed by atoms with Gasteiger partial charge < -0.3 is 10.4 Å². The topological polar surface area (TPSA) is 104 Å². The van der Waals surface area contributed by atoms with E-state index in [0.29, 0.717) is 18.7 Å². The molecule has 3 heterocycles. The minimum absolute atomic E-state index is 0.0769. The summed E-state index contributed by atoms with van der Waals surface area (Å²) in [5, 5.41) is 13.8. The van der Waals surface area contributed by atoms with Crippen LogP contribution in [-0.4, -0.2) is 27.1 Å². The summed E-state index contributed by atoms with van der Waals surface area (Å²) in [7, 11) is 0. The van der Waals surface area contributed by atoms with Crippen molar-refractivity contribution in [1.29, 1.82) is 0 Å². The van der Waals surface area contributed by atoms with Crippen LogP contribution < -0.4 is 10.6 Å². The smallest absolute Gasteiger partial charge is 0.410 e. The van der Waals surface area contributed by atoms with Crippen molar-refractivity contribution in [2.75, 3.05) is 10.6 Å². The Hall–Kier alpha value is -2.96. The first-order chi connectivity index (χ1) is 10.6. The predicted molar refractivity (Wildman–Crippen MR) is 77.8 cm³/mol. The summed E-state index contributed by atoms with van der Waals surface area (Å²) in [4.78, 5) is 31.7. The van der Waals surface area contributed by atoms with E-state index in [-0.39, 0.29) is 11.7 Å². The van der Waals surface area contributed by atoms with E-state index in [1.54, 1.807) is 12.3 Å². The first-order valence-electron chi connectivity index (χ1n) is 6.84. The molecule has 0 radical (unpaired) electrons. The van der Waals surface area contributed by atoms with Crippen molar-refractivity contribution in [2.24, 2.45) is 0 Å². The molecule has 2 aromatic heterocycles. The number of anilines is 2. The lowest BCUT2D eigenvalue weighted by molar-refractivity contribution is -0.120. The Kier molecular flexibility index (Phi) is 2.47. The van der Waals surface area contributed by atoms with Gasteiger partial charge in [-0.3, -0.25) is 10.1 Å². The third kappa shape index (κ3) is 1.68.